The molecule has 3 aromatic carbocycles. The number of para-hydroxylation sites is 1. The number of carbonyl (C=O) groups excluding carboxylic acids is 2. The fourth-order valence-corrected chi connectivity index (χ4v) is 4.68. The number of carboxylic acid groups (broad SMARTS) is 1. The highest BCUT2D eigenvalue weighted by atomic mass is 16.4. The van der Waals surface area contributed by atoms with Crippen LogP contribution in [0.4, 0.5) is 5.82 Å². The first-order valence-corrected chi connectivity index (χ1v) is 13.0. The van der Waals surface area contributed by atoms with Gasteiger partial charge in [-0.1, -0.05) is 75.4 Å². The van der Waals surface area contributed by atoms with Crippen molar-refractivity contribution in [1.82, 2.24) is 19.9 Å². The highest BCUT2D eigenvalue weighted by Gasteiger charge is 2.29. The third kappa shape index (κ3) is 5.58. The van der Waals surface area contributed by atoms with Crippen LogP contribution in [-0.4, -0.2) is 43.5 Å². The second-order valence-corrected chi connectivity index (χ2v) is 10.9. The summed E-state index contributed by atoms with van der Waals surface area (Å²) in [4.78, 5) is 46.1. The first-order chi connectivity index (χ1) is 19.1. The number of fused-ring (bicyclic) bond motifs is 2. The van der Waals surface area contributed by atoms with Gasteiger partial charge in [-0.2, -0.15) is 0 Å². The Morgan fingerprint density at radius 1 is 1.00 bits per heavy atom. The quantitative estimate of drug-likeness (QED) is 0.224. The number of aliphatic carboxylic acids is 1. The number of carboxylic acids is 1. The number of aromatic nitrogens is 3. The largest absolute Gasteiger partial charge is 0.479 e. The van der Waals surface area contributed by atoms with E-state index in [1.165, 1.54) is 17.1 Å². The van der Waals surface area contributed by atoms with Crippen LogP contribution >= 0.6 is 0 Å². The Hall–Kier alpha value is -4.92. The van der Waals surface area contributed by atoms with Crippen LogP contribution in [-0.2, 0) is 20.8 Å². The molecule has 2 aromatic heterocycles. The molecular formula is C31H31N5O4. The Morgan fingerprint density at radius 3 is 2.48 bits per heavy atom. The predicted molar refractivity (Wildman–Crippen MR) is 154 cm³/mol. The van der Waals surface area contributed by atoms with Crippen LogP contribution in [0.15, 0.2) is 85.5 Å². The van der Waals surface area contributed by atoms with Crippen molar-refractivity contribution in [2.75, 3.05) is 5.32 Å². The van der Waals surface area contributed by atoms with Gasteiger partial charge in [0.25, 0.3) is 0 Å². The number of nitrogens with one attached hydrogen (secondary N) is 3. The van der Waals surface area contributed by atoms with Gasteiger partial charge in [0, 0.05) is 35.1 Å². The summed E-state index contributed by atoms with van der Waals surface area (Å²) in [5.74, 6) is -1.59. The lowest BCUT2D eigenvalue weighted by Crippen LogP contribution is -2.49. The highest BCUT2D eigenvalue weighted by Crippen LogP contribution is 2.25. The lowest BCUT2D eigenvalue weighted by atomic mass is 9.94. The summed E-state index contributed by atoms with van der Waals surface area (Å²) in [5.41, 5.74) is 1.70. The first-order valence-electron chi connectivity index (χ1n) is 13.0. The second-order valence-electron chi connectivity index (χ2n) is 10.9. The molecule has 0 aliphatic carbocycles. The van der Waals surface area contributed by atoms with Crippen molar-refractivity contribution in [1.29, 1.82) is 0 Å². The van der Waals surface area contributed by atoms with Crippen LogP contribution in [0.1, 0.15) is 37.9 Å². The molecule has 9 nitrogen and oxygen atoms in total. The third-order valence-corrected chi connectivity index (χ3v) is 6.88. The van der Waals surface area contributed by atoms with Crippen LogP contribution in [0.2, 0.25) is 0 Å². The van der Waals surface area contributed by atoms with Gasteiger partial charge in [-0.3, -0.25) is 9.59 Å². The number of carbonyl (C=O) groups is 3. The van der Waals surface area contributed by atoms with Crippen molar-refractivity contribution in [3.63, 3.8) is 0 Å². The van der Waals surface area contributed by atoms with Crippen LogP contribution in [0.25, 0.3) is 21.7 Å². The number of amides is 2. The second kappa shape index (κ2) is 10.7. The van der Waals surface area contributed by atoms with Crippen molar-refractivity contribution in [3.05, 3.63) is 96.6 Å². The fourth-order valence-electron chi connectivity index (χ4n) is 4.68. The van der Waals surface area contributed by atoms with Crippen molar-refractivity contribution in [2.45, 2.75) is 39.3 Å². The van der Waals surface area contributed by atoms with Gasteiger partial charge in [0.15, 0.2) is 11.9 Å². The van der Waals surface area contributed by atoms with E-state index in [0.29, 0.717) is 5.56 Å². The Kier molecular flexibility index (Phi) is 7.13. The zero-order chi connectivity index (χ0) is 28.4. The Bertz CT molecular complexity index is 1710. The van der Waals surface area contributed by atoms with Gasteiger partial charge < -0.3 is 25.3 Å². The molecule has 5 rings (SSSR count). The van der Waals surface area contributed by atoms with E-state index < -0.39 is 29.4 Å². The SMILES string of the molecule is CC(C)(C)C(=O)N[C@H](Cc1c[nH]c2ccccc12)C(=O)Nc1cn(C(C(=O)O)c2ccc3ccccc3c2)cn1. The molecule has 0 spiro atoms. The van der Waals surface area contributed by atoms with Gasteiger partial charge in [0.2, 0.25) is 11.8 Å². The number of imidazole rings is 1. The monoisotopic (exact) mass is 537 g/mol. The predicted octanol–water partition coefficient (Wildman–Crippen LogP) is 4.90. The van der Waals surface area contributed by atoms with Gasteiger partial charge in [-0.05, 0) is 34.0 Å². The van der Waals surface area contributed by atoms with Crippen LogP contribution in [0.3, 0.4) is 0 Å². The third-order valence-electron chi connectivity index (χ3n) is 6.88. The molecule has 0 bridgehead atoms. The molecule has 0 radical (unpaired) electrons. The summed E-state index contributed by atoms with van der Waals surface area (Å²) in [7, 11) is 0. The lowest BCUT2D eigenvalue weighted by molar-refractivity contribution is -0.139. The van der Waals surface area contributed by atoms with E-state index in [1.54, 1.807) is 26.8 Å². The summed E-state index contributed by atoms with van der Waals surface area (Å²) in [6.45, 7) is 5.34. The van der Waals surface area contributed by atoms with E-state index in [9.17, 15) is 19.5 Å². The number of hydrogen-bond donors (Lipinski definition) is 4. The number of aromatic amines is 1. The molecule has 1 unspecified atom stereocenters. The Balaban J connectivity index is 1.39. The Morgan fingerprint density at radius 2 is 1.73 bits per heavy atom. The lowest BCUT2D eigenvalue weighted by Gasteiger charge is -2.23. The van der Waals surface area contributed by atoms with E-state index in [2.05, 4.69) is 20.6 Å². The molecule has 9 heteroatoms. The molecule has 2 atom stereocenters. The summed E-state index contributed by atoms with van der Waals surface area (Å²) >= 11 is 0. The van der Waals surface area contributed by atoms with Crippen molar-refractivity contribution in [2.24, 2.45) is 5.41 Å². The zero-order valence-electron chi connectivity index (χ0n) is 22.5. The number of rotatable bonds is 8. The Labute approximate surface area is 231 Å². The van der Waals surface area contributed by atoms with Gasteiger partial charge in [-0.25, -0.2) is 9.78 Å². The highest BCUT2D eigenvalue weighted by molar-refractivity contribution is 5.98. The van der Waals surface area contributed by atoms with Gasteiger partial charge in [0.05, 0.1) is 6.33 Å². The smallest absolute Gasteiger partial charge is 0.331 e. The molecule has 0 saturated carbocycles. The van der Waals surface area contributed by atoms with Crippen LogP contribution in [0.5, 0.6) is 0 Å². The average Bonchev–Trinajstić information content (AvgIpc) is 3.54. The normalized spacial score (nSPS) is 13.2. The van der Waals surface area contributed by atoms with E-state index in [4.69, 9.17) is 0 Å². The zero-order valence-corrected chi connectivity index (χ0v) is 22.5. The molecular weight excluding hydrogens is 506 g/mol. The molecule has 0 saturated heterocycles. The van der Waals surface area contributed by atoms with Crippen molar-refractivity contribution < 1.29 is 19.5 Å². The number of H-pyrrole nitrogens is 1. The molecule has 204 valence electrons. The van der Waals surface area contributed by atoms with E-state index in [-0.39, 0.29) is 18.1 Å². The minimum Gasteiger partial charge on any atom is -0.479 e. The number of nitrogens with zero attached hydrogens (tertiary/aromatic N) is 2. The van der Waals surface area contributed by atoms with Crippen LogP contribution < -0.4 is 10.6 Å². The maximum atomic E-state index is 13.5. The summed E-state index contributed by atoms with van der Waals surface area (Å²) in [5, 5.41) is 18.6. The molecule has 2 heterocycles. The van der Waals surface area contributed by atoms with Crippen LogP contribution in [0, 0.1) is 5.41 Å². The summed E-state index contributed by atoms with van der Waals surface area (Å²) in [6, 6.07) is 19.0. The molecule has 0 fully saturated rings. The minimum absolute atomic E-state index is 0.186. The van der Waals surface area contributed by atoms with Gasteiger partial charge >= 0.3 is 5.97 Å². The topological polar surface area (TPSA) is 129 Å². The fraction of sp³-hybridized carbons (Fsp3) is 0.226. The molecule has 2 amide bonds. The molecule has 0 aliphatic rings. The number of benzene rings is 3. The van der Waals surface area contributed by atoms with Gasteiger partial charge in [-0.15, -0.1) is 0 Å². The molecule has 4 N–H and O–H groups in total. The van der Waals surface area contributed by atoms with Crippen molar-refractivity contribution in [3.8, 4) is 0 Å². The number of anilines is 1. The minimum atomic E-state index is -1.06. The average molecular weight is 538 g/mol. The summed E-state index contributed by atoms with van der Waals surface area (Å²) in [6.07, 6.45) is 4.96. The van der Waals surface area contributed by atoms with E-state index in [0.717, 1.165) is 27.2 Å². The maximum absolute atomic E-state index is 13.5. The summed E-state index contributed by atoms with van der Waals surface area (Å²) < 4.78 is 1.45. The standard InChI is InChI=1S/C31H31N5O4/c1-31(2,3)30(40)34-25(15-22-16-32-24-11-7-6-10-23(22)24)28(37)35-26-17-36(18-33-26)27(29(38)39)21-13-12-19-8-4-5-9-20(19)14-21/h4-14,16-18,25,27,32H,15H2,1-3H3,(H,34,40)(H,35,37)(H,38,39)/t25-,27?/m1/s1. The maximum Gasteiger partial charge on any atom is 0.331 e. The number of hydrogen-bond acceptors (Lipinski definition) is 4. The molecule has 5 aromatic rings. The molecule has 0 aliphatic heterocycles. The van der Waals surface area contributed by atoms with E-state index >= 15 is 0 Å². The van der Waals surface area contributed by atoms with Crippen molar-refractivity contribution >= 4 is 45.3 Å². The molecule has 40 heavy (non-hydrogen) atoms. The first kappa shape index (κ1) is 26.7. The van der Waals surface area contributed by atoms with Gasteiger partial charge in [0.1, 0.15) is 6.04 Å². The van der Waals surface area contributed by atoms with E-state index in [1.807, 2.05) is 66.9 Å².